The molecule has 0 fully saturated rings. The minimum absolute atomic E-state index is 0.170. The Bertz CT molecular complexity index is 701. The van der Waals surface area contributed by atoms with Crippen molar-refractivity contribution >= 4 is 0 Å². The van der Waals surface area contributed by atoms with Gasteiger partial charge in [-0.15, -0.1) is 0 Å². The zero-order valence-electron chi connectivity index (χ0n) is 36.4. The molecule has 2 unspecified atom stereocenters. The molecular formula is C48H96N2O4. The number of hydrogen-bond acceptors (Lipinski definition) is 6. The largest absolute Gasteiger partial charge is 0.394 e. The Balaban J connectivity index is 4.01. The third-order valence-corrected chi connectivity index (χ3v) is 11.0. The van der Waals surface area contributed by atoms with E-state index in [-0.39, 0.29) is 13.2 Å². The van der Waals surface area contributed by atoms with Crippen LogP contribution in [-0.2, 0) is 0 Å². The van der Waals surface area contributed by atoms with Crippen molar-refractivity contribution in [3.8, 4) is 0 Å². The summed E-state index contributed by atoms with van der Waals surface area (Å²) in [5.74, 6) is 0. The number of hydrogen-bond donors (Lipinski definition) is 4. The van der Waals surface area contributed by atoms with E-state index in [0.29, 0.717) is 13.1 Å². The molecule has 0 radical (unpaired) electrons. The van der Waals surface area contributed by atoms with Gasteiger partial charge in [-0.05, 0) is 103 Å². The maximum atomic E-state index is 10.1. The second kappa shape index (κ2) is 44.9. The zero-order chi connectivity index (χ0) is 39.4. The molecule has 0 aliphatic rings. The fourth-order valence-corrected chi connectivity index (χ4v) is 7.49. The summed E-state index contributed by atoms with van der Waals surface area (Å²) in [4.78, 5) is 4.71. The summed E-state index contributed by atoms with van der Waals surface area (Å²) in [6.07, 6.45) is 49.5. The van der Waals surface area contributed by atoms with Crippen molar-refractivity contribution < 1.29 is 20.4 Å². The average molecular weight is 765 g/mol. The van der Waals surface area contributed by atoms with Gasteiger partial charge in [-0.3, -0.25) is 0 Å². The zero-order valence-corrected chi connectivity index (χ0v) is 36.4. The summed E-state index contributed by atoms with van der Waals surface area (Å²) in [7, 11) is 0. The van der Waals surface area contributed by atoms with E-state index in [4.69, 9.17) is 0 Å². The molecular weight excluding hydrogens is 669 g/mol. The van der Waals surface area contributed by atoms with Crippen LogP contribution in [-0.4, -0.2) is 94.9 Å². The molecule has 0 aliphatic heterocycles. The summed E-state index contributed by atoms with van der Waals surface area (Å²) in [6.45, 7) is 9.29. The lowest BCUT2D eigenvalue weighted by molar-refractivity contribution is 0.0567. The normalized spacial score (nSPS) is 13.4. The third kappa shape index (κ3) is 40.9. The van der Waals surface area contributed by atoms with Crippen LogP contribution in [0.5, 0.6) is 0 Å². The fourth-order valence-electron chi connectivity index (χ4n) is 7.49. The average Bonchev–Trinajstić information content (AvgIpc) is 3.18. The first-order valence-corrected chi connectivity index (χ1v) is 23.9. The first-order chi connectivity index (χ1) is 26.6. The van der Waals surface area contributed by atoms with Crippen molar-refractivity contribution in [2.45, 2.75) is 232 Å². The van der Waals surface area contributed by atoms with E-state index in [1.54, 1.807) is 0 Å². The fraction of sp³-hybridized carbons (Fsp3) is 0.917. The second-order valence-electron chi connectivity index (χ2n) is 16.6. The van der Waals surface area contributed by atoms with Gasteiger partial charge in [0.15, 0.2) is 0 Å². The van der Waals surface area contributed by atoms with Gasteiger partial charge in [0.05, 0.1) is 25.4 Å². The highest BCUT2D eigenvalue weighted by atomic mass is 16.3. The van der Waals surface area contributed by atoms with E-state index in [0.717, 1.165) is 64.7 Å². The third-order valence-electron chi connectivity index (χ3n) is 11.0. The molecule has 6 nitrogen and oxygen atoms in total. The predicted molar refractivity (Wildman–Crippen MR) is 236 cm³/mol. The van der Waals surface area contributed by atoms with Gasteiger partial charge >= 0.3 is 0 Å². The van der Waals surface area contributed by atoms with Crippen LogP contribution in [0, 0.1) is 0 Å². The Kier molecular flexibility index (Phi) is 44.3. The molecule has 0 amide bonds. The second-order valence-corrected chi connectivity index (χ2v) is 16.6. The molecule has 2 atom stereocenters. The van der Waals surface area contributed by atoms with Gasteiger partial charge in [0.1, 0.15) is 0 Å². The molecule has 4 N–H and O–H groups in total. The number of nitrogens with zero attached hydrogens (tertiary/aromatic N) is 2. The summed E-state index contributed by atoms with van der Waals surface area (Å²) in [5, 5.41) is 39.1. The van der Waals surface area contributed by atoms with E-state index in [1.807, 2.05) is 0 Å². The summed E-state index contributed by atoms with van der Waals surface area (Å²) in [5.41, 5.74) is 0. The van der Waals surface area contributed by atoms with E-state index in [2.05, 4.69) is 48.0 Å². The van der Waals surface area contributed by atoms with E-state index in [9.17, 15) is 20.4 Å². The van der Waals surface area contributed by atoms with Crippen molar-refractivity contribution in [1.29, 1.82) is 0 Å². The maximum absolute atomic E-state index is 10.1. The van der Waals surface area contributed by atoms with Crippen LogP contribution in [0.3, 0.4) is 0 Å². The van der Waals surface area contributed by atoms with Gasteiger partial charge in [-0.2, -0.15) is 0 Å². The van der Waals surface area contributed by atoms with Crippen LogP contribution in [0.4, 0.5) is 0 Å². The summed E-state index contributed by atoms with van der Waals surface area (Å²) >= 11 is 0. The first kappa shape index (κ1) is 53.2. The smallest absolute Gasteiger partial charge is 0.0897 e. The Labute approximate surface area is 337 Å². The van der Waals surface area contributed by atoms with Gasteiger partial charge in [0, 0.05) is 13.1 Å². The lowest BCUT2D eigenvalue weighted by atomic mass is 10.1. The molecule has 0 saturated heterocycles. The number of rotatable bonds is 45. The molecule has 0 aromatic heterocycles. The van der Waals surface area contributed by atoms with Crippen LogP contribution in [0.2, 0.25) is 0 Å². The van der Waals surface area contributed by atoms with Crippen LogP contribution >= 0.6 is 0 Å². The predicted octanol–water partition coefficient (Wildman–Crippen LogP) is 11.9. The highest BCUT2D eigenvalue weighted by molar-refractivity contribution is 4.82. The maximum Gasteiger partial charge on any atom is 0.0897 e. The number of allylic oxidation sites excluding steroid dienone is 4. The van der Waals surface area contributed by atoms with Crippen LogP contribution < -0.4 is 0 Å². The van der Waals surface area contributed by atoms with Crippen molar-refractivity contribution in [2.24, 2.45) is 0 Å². The standard InChI is InChI=1S/C48H96N2O4/c1-3-5-7-9-11-13-15-17-19-21-23-25-27-29-31-35-39-49(43-47(53)45-51)41-37-33-34-38-42-50(44-48(54)46-52)40-36-32-30-28-26-24-22-20-18-16-14-12-10-8-6-4-2/h17-20,47-48,51-54H,3-16,21-46H2,1-2H3/b19-17-,20-18-. The minimum Gasteiger partial charge on any atom is -0.394 e. The number of aliphatic hydroxyl groups excluding tert-OH is 4. The van der Waals surface area contributed by atoms with Crippen LogP contribution in [0.1, 0.15) is 219 Å². The van der Waals surface area contributed by atoms with Gasteiger partial charge in [0.2, 0.25) is 0 Å². The van der Waals surface area contributed by atoms with Crippen molar-refractivity contribution in [2.75, 3.05) is 52.5 Å². The molecule has 0 heterocycles. The number of unbranched alkanes of at least 4 members (excludes halogenated alkanes) is 27. The molecule has 0 aromatic rings. The van der Waals surface area contributed by atoms with E-state index < -0.39 is 12.2 Å². The molecule has 0 spiro atoms. The minimum atomic E-state index is -0.660. The van der Waals surface area contributed by atoms with Gasteiger partial charge in [-0.25, -0.2) is 0 Å². The highest BCUT2D eigenvalue weighted by Crippen LogP contribution is 2.14. The molecule has 322 valence electrons. The van der Waals surface area contributed by atoms with Gasteiger partial charge in [-0.1, -0.05) is 167 Å². The first-order valence-electron chi connectivity index (χ1n) is 23.9. The molecule has 0 bridgehead atoms. The molecule has 0 saturated carbocycles. The topological polar surface area (TPSA) is 87.4 Å². The molecule has 0 rings (SSSR count). The van der Waals surface area contributed by atoms with Gasteiger partial charge in [0.25, 0.3) is 0 Å². The monoisotopic (exact) mass is 765 g/mol. The van der Waals surface area contributed by atoms with E-state index >= 15 is 0 Å². The highest BCUT2D eigenvalue weighted by Gasteiger charge is 2.12. The van der Waals surface area contributed by atoms with Crippen molar-refractivity contribution in [1.82, 2.24) is 9.80 Å². The lowest BCUT2D eigenvalue weighted by Gasteiger charge is -2.25. The summed E-state index contributed by atoms with van der Waals surface area (Å²) < 4.78 is 0. The lowest BCUT2D eigenvalue weighted by Crippen LogP contribution is -2.36. The van der Waals surface area contributed by atoms with E-state index in [1.165, 1.54) is 167 Å². The van der Waals surface area contributed by atoms with Crippen molar-refractivity contribution in [3.05, 3.63) is 24.3 Å². The Morgan fingerprint density at radius 1 is 0.333 bits per heavy atom. The van der Waals surface area contributed by atoms with Crippen molar-refractivity contribution in [3.63, 3.8) is 0 Å². The Hall–Kier alpha value is -0.760. The molecule has 0 aliphatic carbocycles. The molecule has 54 heavy (non-hydrogen) atoms. The molecule has 6 heteroatoms. The number of aliphatic hydroxyl groups is 4. The summed E-state index contributed by atoms with van der Waals surface area (Å²) in [6, 6.07) is 0. The molecule has 0 aromatic carbocycles. The Morgan fingerprint density at radius 3 is 0.796 bits per heavy atom. The van der Waals surface area contributed by atoms with Crippen LogP contribution in [0.25, 0.3) is 0 Å². The quantitative estimate of drug-likeness (QED) is 0.0365. The SMILES string of the molecule is CCCCCCCC/C=C\CCCCCCCCN(CCCCCCN(CCCCCCCC/C=C\CCCCCCCC)CC(O)CO)CC(O)CO. The van der Waals surface area contributed by atoms with Gasteiger partial charge < -0.3 is 30.2 Å². The van der Waals surface area contributed by atoms with Crippen LogP contribution in [0.15, 0.2) is 24.3 Å². The Morgan fingerprint density at radius 2 is 0.556 bits per heavy atom.